The summed E-state index contributed by atoms with van der Waals surface area (Å²) < 4.78 is 5.62. The summed E-state index contributed by atoms with van der Waals surface area (Å²) in [6.45, 7) is 0. The van der Waals surface area contributed by atoms with Gasteiger partial charge in [-0.05, 0) is 31.7 Å². The molecular weight excluding hydrogens is 250 g/mol. The monoisotopic (exact) mass is 265 g/mol. The molecule has 1 aromatic rings. The van der Waals surface area contributed by atoms with Crippen LogP contribution >= 0.6 is 0 Å². The molecule has 0 aromatic heterocycles. The van der Waals surface area contributed by atoms with Crippen LogP contribution < -0.4 is 4.74 Å². The Morgan fingerprint density at radius 2 is 2.00 bits per heavy atom. The second kappa shape index (κ2) is 5.69. The van der Waals surface area contributed by atoms with Gasteiger partial charge in [0.25, 0.3) is 0 Å². The number of nitro benzene ring substituents is 1. The average Bonchev–Trinajstić information content (AvgIpc) is 2.39. The van der Waals surface area contributed by atoms with Gasteiger partial charge in [0.1, 0.15) is 5.56 Å². The van der Waals surface area contributed by atoms with E-state index in [0.717, 1.165) is 32.1 Å². The standard InChI is InChI=1S/C13H15NO5/c15-13(16)10-7-4-8-11(14(17)18)12(10)19-9-5-2-1-3-6-9/h4,7-9H,1-3,5-6H2,(H,15,16). The van der Waals surface area contributed by atoms with Gasteiger partial charge in [-0.3, -0.25) is 10.1 Å². The highest BCUT2D eigenvalue weighted by molar-refractivity contribution is 5.92. The normalized spacial score (nSPS) is 16.0. The van der Waals surface area contributed by atoms with Crippen molar-refractivity contribution in [3.8, 4) is 5.75 Å². The zero-order valence-corrected chi connectivity index (χ0v) is 10.4. The molecule has 1 N–H and O–H groups in total. The minimum atomic E-state index is -1.21. The maximum atomic E-state index is 11.1. The Hall–Kier alpha value is -2.11. The molecule has 6 heteroatoms. The van der Waals surface area contributed by atoms with Crippen molar-refractivity contribution in [2.45, 2.75) is 38.2 Å². The van der Waals surface area contributed by atoms with Crippen LogP contribution in [-0.4, -0.2) is 22.1 Å². The molecule has 1 saturated carbocycles. The second-order valence-corrected chi connectivity index (χ2v) is 4.59. The molecule has 1 aliphatic rings. The summed E-state index contributed by atoms with van der Waals surface area (Å²) in [5.74, 6) is -1.33. The fourth-order valence-corrected chi connectivity index (χ4v) is 2.31. The Balaban J connectivity index is 2.34. The van der Waals surface area contributed by atoms with Gasteiger partial charge in [0, 0.05) is 6.07 Å². The fraction of sp³-hybridized carbons (Fsp3) is 0.462. The van der Waals surface area contributed by atoms with Crippen LogP contribution in [0, 0.1) is 10.1 Å². The van der Waals surface area contributed by atoms with Crippen LogP contribution in [0.2, 0.25) is 0 Å². The van der Waals surface area contributed by atoms with Gasteiger partial charge in [-0.15, -0.1) is 0 Å². The predicted molar refractivity (Wildman–Crippen MR) is 67.6 cm³/mol. The van der Waals surface area contributed by atoms with Crippen molar-refractivity contribution in [3.05, 3.63) is 33.9 Å². The molecule has 0 bridgehead atoms. The van der Waals surface area contributed by atoms with Gasteiger partial charge >= 0.3 is 11.7 Å². The number of aromatic carboxylic acids is 1. The Labute approximate surface area is 110 Å². The lowest BCUT2D eigenvalue weighted by Gasteiger charge is -2.23. The summed E-state index contributed by atoms with van der Waals surface area (Å²) in [4.78, 5) is 21.5. The third kappa shape index (κ3) is 3.01. The van der Waals surface area contributed by atoms with E-state index < -0.39 is 10.9 Å². The molecule has 0 spiro atoms. The number of nitro groups is 1. The number of benzene rings is 1. The van der Waals surface area contributed by atoms with E-state index in [2.05, 4.69) is 0 Å². The number of carbonyl (C=O) groups is 1. The molecule has 102 valence electrons. The van der Waals surface area contributed by atoms with Crippen molar-refractivity contribution >= 4 is 11.7 Å². The number of hydrogen-bond donors (Lipinski definition) is 1. The first kappa shape index (κ1) is 13.3. The number of hydrogen-bond acceptors (Lipinski definition) is 4. The lowest BCUT2D eigenvalue weighted by atomic mass is 9.97. The first-order valence-corrected chi connectivity index (χ1v) is 6.27. The Morgan fingerprint density at radius 1 is 1.32 bits per heavy atom. The van der Waals surface area contributed by atoms with Crippen molar-refractivity contribution in [1.82, 2.24) is 0 Å². The predicted octanol–water partition coefficient (Wildman–Crippen LogP) is 3.00. The van der Waals surface area contributed by atoms with Crippen LogP contribution in [0.1, 0.15) is 42.5 Å². The maximum Gasteiger partial charge on any atom is 0.339 e. The first-order valence-electron chi connectivity index (χ1n) is 6.27. The van der Waals surface area contributed by atoms with Gasteiger partial charge in [0.15, 0.2) is 0 Å². The summed E-state index contributed by atoms with van der Waals surface area (Å²) in [5.41, 5.74) is -0.440. The van der Waals surface area contributed by atoms with E-state index in [1.54, 1.807) is 0 Å². The SMILES string of the molecule is O=C(O)c1cccc([N+](=O)[O-])c1OC1CCCCC1. The summed E-state index contributed by atoms with van der Waals surface area (Å²) in [7, 11) is 0. The molecule has 0 amide bonds. The molecule has 0 aliphatic heterocycles. The third-order valence-corrected chi connectivity index (χ3v) is 3.26. The van der Waals surface area contributed by atoms with Gasteiger partial charge in [-0.25, -0.2) is 4.79 Å². The second-order valence-electron chi connectivity index (χ2n) is 4.59. The zero-order chi connectivity index (χ0) is 13.8. The van der Waals surface area contributed by atoms with Gasteiger partial charge in [0.05, 0.1) is 11.0 Å². The molecule has 0 saturated heterocycles. The number of rotatable bonds is 4. The van der Waals surface area contributed by atoms with E-state index in [1.807, 2.05) is 0 Å². The average molecular weight is 265 g/mol. The number of ether oxygens (including phenoxy) is 1. The Morgan fingerprint density at radius 3 is 2.58 bits per heavy atom. The van der Waals surface area contributed by atoms with Crippen molar-refractivity contribution < 1.29 is 19.6 Å². The van der Waals surface area contributed by atoms with Crippen LogP contribution in [0.5, 0.6) is 5.75 Å². The highest BCUT2D eigenvalue weighted by Gasteiger charge is 2.26. The van der Waals surface area contributed by atoms with Gasteiger partial charge in [-0.2, -0.15) is 0 Å². The topological polar surface area (TPSA) is 89.7 Å². The van der Waals surface area contributed by atoms with Crippen molar-refractivity contribution in [2.24, 2.45) is 0 Å². The molecule has 0 atom stereocenters. The van der Waals surface area contributed by atoms with E-state index in [0.29, 0.717) is 0 Å². The van der Waals surface area contributed by atoms with Crippen molar-refractivity contribution in [2.75, 3.05) is 0 Å². The van der Waals surface area contributed by atoms with Crippen LogP contribution in [0.3, 0.4) is 0 Å². The number of para-hydroxylation sites is 1. The molecule has 1 aliphatic carbocycles. The minimum Gasteiger partial charge on any atom is -0.483 e. The number of carboxylic acids is 1. The summed E-state index contributed by atoms with van der Waals surface area (Å²) in [6, 6.07) is 3.95. The molecular formula is C13H15NO5. The number of nitrogens with zero attached hydrogens (tertiary/aromatic N) is 1. The van der Waals surface area contributed by atoms with Gasteiger partial charge in [-0.1, -0.05) is 12.5 Å². The Kier molecular flexibility index (Phi) is 3.99. The zero-order valence-electron chi connectivity index (χ0n) is 10.4. The molecule has 1 aromatic carbocycles. The van der Waals surface area contributed by atoms with Crippen molar-refractivity contribution in [3.63, 3.8) is 0 Å². The first-order chi connectivity index (χ1) is 9.09. The fourth-order valence-electron chi connectivity index (χ4n) is 2.31. The molecule has 19 heavy (non-hydrogen) atoms. The molecule has 1 fully saturated rings. The van der Waals surface area contributed by atoms with E-state index in [-0.39, 0.29) is 23.1 Å². The van der Waals surface area contributed by atoms with E-state index >= 15 is 0 Å². The van der Waals surface area contributed by atoms with Crippen LogP contribution in [0.25, 0.3) is 0 Å². The largest absolute Gasteiger partial charge is 0.483 e. The van der Waals surface area contributed by atoms with Crippen molar-refractivity contribution in [1.29, 1.82) is 0 Å². The third-order valence-electron chi connectivity index (χ3n) is 3.26. The molecule has 0 radical (unpaired) electrons. The lowest BCUT2D eigenvalue weighted by molar-refractivity contribution is -0.386. The van der Waals surface area contributed by atoms with E-state index in [9.17, 15) is 14.9 Å². The minimum absolute atomic E-state index is 0.119. The molecule has 0 unspecified atom stereocenters. The summed E-state index contributed by atoms with van der Waals surface area (Å²) >= 11 is 0. The highest BCUT2D eigenvalue weighted by atomic mass is 16.6. The molecule has 0 heterocycles. The molecule has 2 rings (SSSR count). The van der Waals surface area contributed by atoms with Crippen LogP contribution in [-0.2, 0) is 0 Å². The van der Waals surface area contributed by atoms with Gasteiger partial charge in [0.2, 0.25) is 5.75 Å². The highest BCUT2D eigenvalue weighted by Crippen LogP contribution is 2.34. The summed E-state index contributed by atoms with van der Waals surface area (Å²) in [6.07, 6.45) is 4.63. The molecule has 6 nitrogen and oxygen atoms in total. The van der Waals surface area contributed by atoms with E-state index in [1.165, 1.54) is 18.2 Å². The lowest BCUT2D eigenvalue weighted by Crippen LogP contribution is -2.21. The Bertz CT molecular complexity index is 462. The number of carboxylic acid groups (broad SMARTS) is 1. The summed E-state index contributed by atoms with van der Waals surface area (Å²) in [5, 5.41) is 20.1. The van der Waals surface area contributed by atoms with E-state index in [4.69, 9.17) is 9.84 Å². The smallest absolute Gasteiger partial charge is 0.339 e. The van der Waals surface area contributed by atoms with Crippen LogP contribution in [0.4, 0.5) is 5.69 Å². The quantitative estimate of drug-likeness (QED) is 0.667. The van der Waals surface area contributed by atoms with Gasteiger partial charge < -0.3 is 9.84 Å². The maximum absolute atomic E-state index is 11.1. The van der Waals surface area contributed by atoms with Crippen LogP contribution in [0.15, 0.2) is 18.2 Å².